The van der Waals surface area contributed by atoms with Crippen LogP contribution in [0.3, 0.4) is 0 Å². The summed E-state index contributed by atoms with van der Waals surface area (Å²) < 4.78 is 1.68. The normalized spacial score (nSPS) is 12.1. The summed E-state index contributed by atoms with van der Waals surface area (Å²) in [4.78, 5) is 12.5. The minimum atomic E-state index is -0.272. The molecule has 3 aromatic rings. The molecule has 1 unspecified atom stereocenters. The molecular formula is C17H16N4OS. The largest absolute Gasteiger partial charge is 0.293 e. The third-order valence-corrected chi connectivity index (χ3v) is 4.53. The van der Waals surface area contributed by atoms with E-state index in [1.807, 2.05) is 68.4 Å². The number of para-hydroxylation sites is 1. The zero-order valence-corrected chi connectivity index (χ0v) is 13.7. The van der Waals surface area contributed by atoms with Crippen LogP contribution < -0.4 is 0 Å². The van der Waals surface area contributed by atoms with Crippen molar-refractivity contribution in [3.8, 4) is 5.69 Å². The number of carbonyl (C=O) groups is 1. The summed E-state index contributed by atoms with van der Waals surface area (Å²) in [5, 5.41) is 12.2. The standard InChI is InChI=1S/C17H16N4OS/c1-12-8-6-7-11-15(12)21-17(18-19-20-21)23-13(2)16(22)14-9-4-3-5-10-14/h3-11,13H,1-2H3. The number of aromatic nitrogens is 4. The van der Waals surface area contributed by atoms with Gasteiger partial charge in [-0.15, -0.1) is 5.10 Å². The lowest BCUT2D eigenvalue weighted by Crippen LogP contribution is -2.14. The van der Waals surface area contributed by atoms with E-state index in [1.54, 1.807) is 4.68 Å². The number of ketones is 1. The van der Waals surface area contributed by atoms with Gasteiger partial charge in [-0.05, 0) is 35.9 Å². The Labute approximate surface area is 138 Å². The van der Waals surface area contributed by atoms with E-state index in [0.29, 0.717) is 10.7 Å². The van der Waals surface area contributed by atoms with E-state index in [9.17, 15) is 4.79 Å². The van der Waals surface area contributed by atoms with Gasteiger partial charge in [0.05, 0.1) is 10.9 Å². The van der Waals surface area contributed by atoms with Gasteiger partial charge in [-0.2, -0.15) is 4.68 Å². The summed E-state index contributed by atoms with van der Waals surface area (Å²) in [7, 11) is 0. The second kappa shape index (κ2) is 6.75. The number of Topliss-reactive ketones (excluding diaryl/α,β-unsaturated/α-hetero) is 1. The smallest absolute Gasteiger partial charge is 0.214 e. The van der Waals surface area contributed by atoms with Crippen LogP contribution in [-0.2, 0) is 0 Å². The van der Waals surface area contributed by atoms with Gasteiger partial charge in [-0.1, -0.05) is 60.3 Å². The first-order valence-electron chi connectivity index (χ1n) is 7.27. The molecule has 116 valence electrons. The summed E-state index contributed by atoms with van der Waals surface area (Å²) in [5.74, 6) is 0.0648. The minimum absolute atomic E-state index is 0.0648. The van der Waals surface area contributed by atoms with Crippen molar-refractivity contribution in [3.05, 3.63) is 65.7 Å². The summed E-state index contributed by atoms with van der Waals surface area (Å²) in [5.41, 5.74) is 2.69. The Morgan fingerprint density at radius 2 is 1.78 bits per heavy atom. The van der Waals surface area contributed by atoms with Crippen LogP contribution in [0.5, 0.6) is 0 Å². The van der Waals surface area contributed by atoms with Crippen LogP contribution in [0.25, 0.3) is 5.69 Å². The van der Waals surface area contributed by atoms with Gasteiger partial charge in [-0.25, -0.2) is 0 Å². The van der Waals surface area contributed by atoms with Gasteiger partial charge in [0.15, 0.2) is 5.78 Å². The van der Waals surface area contributed by atoms with E-state index < -0.39 is 0 Å². The predicted octanol–water partition coefficient (Wildman–Crippen LogP) is 3.33. The molecule has 1 heterocycles. The molecule has 0 fully saturated rings. The van der Waals surface area contributed by atoms with Crippen LogP contribution >= 0.6 is 11.8 Å². The van der Waals surface area contributed by atoms with Crippen LogP contribution in [-0.4, -0.2) is 31.2 Å². The van der Waals surface area contributed by atoms with Crippen molar-refractivity contribution in [2.75, 3.05) is 0 Å². The number of hydrogen-bond acceptors (Lipinski definition) is 5. The second-order valence-electron chi connectivity index (χ2n) is 5.15. The first-order chi connectivity index (χ1) is 11.2. The quantitative estimate of drug-likeness (QED) is 0.532. The molecule has 1 atom stereocenters. The van der Waals surface area contributed by atoms with Crippen molar-refractivity contribution >= 4 is 17.5 Å². The molecule has 0 aliphatic carbocycles. The molecule has 5 nitrogen and oxygen atoms in total. The molecule has 0 N–H and O–H groups in total. The van der Waals surface area contributed by atoms with E-state index in [2.05, 4.69) is 15.5 Å². The predicted molar refractivity (Wildman–Crippen MR) is 90.0 cm³/mol. The highest BCUT2D eigenvalue weighted by Crippen LogP contribution is 2.26. The average molecular weight is 324 g/mol. The number of carbonyl (C=O) groups excluding carboxylic acids is 1. The molecule has 0 saturated heterocycles. The van der Waals surface area contributed by atoms with Crippen molar-refractivity contribution < 1.29 is 4.79 Å². The van der Waals surface area contributed by atoms with Crippen molar-refractivity contribution in [2.45, 2.75) is 24.3 Å². The van der Waals surface area contributed by atoms with Crippen molar-refractivity contribution in [1.82, 2.24) is 20.2 Å². The number of thioether (sulfide) groups is 1. The Kier molecular flexibility index (Phi) is 4.52. The van der Waals surface area contributed by atoms with Crippen LogP contribution in [0.15, 0.2) is 59.8 Å². The number of hydrogen-bond donors (Lipinski definition) is 0. The number of aryl methyl sites for hydroxylation is 1. The van der Waals surface area contributed by atoms with Gasteiger partial charge in [0, 0.05) is 5.56 Å². The molecule has 0 saturated carbocycles. The fourth-order valence-electron chi connectivity index (χ4n) is 2.25. The van der Waals surface area contributed by atoms with Crippen LogP contribution in [0.2, 0.25) is 0 Å². The molecule has 0 aliphatic rings. The molecule has 0 radical (unpaired) electrons. The molecule has 3 rings (SSSR count). The first-order valence-corrected chi connectivity index (χ1v) is 8.15. The zero-order valence-electron chi connectivity index (χ0n) is 12.9. The lowest BCUT2D eigenvalue weighted by Gasteiger charge is -2.11. The summed E-state index contributed by atoms with van der Waals surface area (Å²) in [6, 6.07) is 17.1. The van der Waals surface area contributed by atoms with Crippen molar-refractivity contribution in [1.29, 1.82) is 0 Å². The minimum Gasteiger partial charge on any atom is -0.293 e. The monoisotopic (exact) mass is 324 g/mol. The molecule has 2 aromatic carbocycles. The van der Waals surface area contributed by atoms with Crippen LogP contribution in [0, 0.1) is 6.92 Å². The van der Waals surface area contributed by atoms with Gasteiger partial charge in [0.1, 0.15) is 0 Å². The number of rotatable bonds is 5. The first kappa shape index (κ1) is 15.4. The van der Waals surface area contributed by atoms with Crippen LogP contribution in [0.1, 0.15) is 22.8 Å². The lowest BCUT2D eigenvalue weighted by molar-refractivity contribution is 0.0994. The molecule has 23 heavy (non-hydrogen) atoms. The van der Waals surface area contributed by atoms with E-state index in [-0.39, 0.29) is 11.0 Å². The maximum atomic E-state index is 12.5. The number of benzene rings is 2. The molecule has 0 aliphatic heterocycles. The van der Waals surface area contributed by atoms with E-state index in [0.717, 1.165) is 11.3 Å². The average Bonchev–Trinajstić information content (AvgIpc) is 3.03. The second-order valence-corrected chi connectivity index (χ2v) is 6.46. The van der Waals surface area contributed by atoms with Crippen LogP contribution in [0.4, 0.5) is 0 Å². The Morgan fingerprint density at radius 3 is 2.52 bits per heavy atom. The van der Waals surface area contributed by atoms with Gasteiger partial charge in [0.25, 0.3) is 0 Å². The Morgan fingerprint density at radius 1 is 1.09 bits per heavy atom. The SMILES string of the molecule is Cc1ccccc1-n1nnnc1SC(C)C(=O)c1ccccc1. The van der Waals surface area contributed by atoms with E-state index >= 15 is 0 Å². The highest BCUT2D eigenvalue weighted by atomic mass is 32.2. The lowest BCUT2D eigenvalue weighted by atomic mass is 10.1. The molecule has 6 heteroatoms. The maximum Gasteiger partial charge on any atom is 0.214 e. The molecular weight excluding hydrogens is 308 g/mol. The maximum absolute atomic E-state index is 12.5. The number of tetrazole rings is 1. The van der Waals surface area contributed by atoms with E-state index in [1.165, 1.54) is 11.8 Å². The van der Waals surface area contributed by atoms with Gasteiger partial charge < -0.3 is 0 Å². The van der Waals surface area contributed by atoms with E-state index in [4.69, 9.17) is 0 Å². The summed E-state index contributed by atoms with van der Waals surface area (Å²) in [6.45, 7) is 3.88. The molecule has 0 spiro atoms. The van der Waals surface area contributed by atoms with Crippen molar-refractivity contribution in [2.24, 2.45) is 0 Å². The highest BCUT2D eigenvalue weighted by Gasteiger charge is 2.20. The topological polar surface area (TPSA) is 60.7 Å². The summed E-state index contributed by atoms with van der Waals surface area (Å²) >= 11 is 1.36. The van der Waals surface area contributed by atoms with Gasteiger partial charge >= 0.3 is 0 Å². The Bertz CT molecular complexity index is 816. The third kappa shape index (κ3) is 3.32. The van der Waals surface area contributed by atoms with Crippen molar-refractivity contribution in [3.63, 3.8) is 0 Å². The molecule has 0 bridgehead atoms. The summed E-state index contributed by atoms with van der Waals surface area (Å²) in [6.07, 6.45) is 0. The highest BCUT2D eigenvalue weighted by molar-refractivity contribution is 8.00. The van der Waals surface area contributed by atoms with Gasteiger partial charge in [0.2, 0.25) is 5.16 Å². The Hall–Kier alpha value is -2.47. The Balaban J connectivity index is 1.83. The fraction of sp³-hybridized carbons (Fsp3) is 0.176. The third-order valence-electron chi connectivity index (χ3n) is 3.49. The molecule has 1 aromatic heterocycles. The molecule has 0 amide bonds. The van der Waals surface area contributed by atoms with Gasteiger partial charge in [-0.3, -0.25) is 4.79 Å². The zero-order chi connectivity index (χ0) is 16.2. The number of nitrogens with zero attached hydrogens (tertiary/aromatic N) is 4. The fourth-order valence-corrected chi connectivity index (χ4v) is 3.13.